The number of carboxylic acids is 2. The summed E-state index contributed by atoms with van der Waals surface area (Å²) in [6.45, 7) is 0. The molecule has 2 aromatic rings. The zero-order chi connectivity index (χ0) is 12.0. The molecular weight excluding hydrogens is 272 g/mol. The summed E-state index contributed by atoms with van der Waals surface area (Å²) in [5.74, 6) is -1.97. The molecule has 0 radical (unpaired) electrons. The average molecular weight is 280 g/mol. The predicted molar refractivity (Wildman–Crippen MR) is 51.1 cm³/mol. The molecular formula is C8H8FeN4O4. The monoisotopic (exact) mass is 280 g/mol. The molecule has 0 aliphatic heterocycles. The molecule has 8 nitrogen and oxygen atoms in total. The number of imidazole rings is 2. The number of hydrogen-bond acceptors (Lipinski definition) is 4. The standard InChI is InChI=1S/2C4H4N2O2.Fe/c2*7-4(8)3-1-5-2-6-3;/h2*1-2H,(H,5,6)(H,7,8);. The van der Waals surface area contributed by atoms with E-state index in [1.165, 1.54) is 25.0 Å². The van der Waals surface area contributed by atoms with Crippen LogP contribution in [-0.4, -0.2) is 42.1 Å². The van der Waals surface area contributed by atoms with Gasteiger partial charge in [-0.25, -0.2) is 19.6 Å². The fourth-order valence-corrected chi connectivity index (χ4v) is 0.746. The number of hydrogen-bond donors (Lipinski definition) is 4. The van der Waals surface area contributed by atoms with Crippen molar-refractivity contribution in [3.8, 4) is 0 Å². The summed E-state index contributed by atoms with van der Waals surface area (Å²) >= 11 is 0. The number of carboxylic acid groups (broad SMARTS) is 2. The second-order valence-electron chi connectivity index (χ2n) is 2.54. The van der Waals surface area contributed by atoms with Gasteiger partial charge in [-0.2, -0.15) is 0 Å². The van der Waals surface area contributed by atoms with Crippen LogP contribution >= 0.6 is 0 Å². The minimum Gasteiger partial charge on any atom is -0.477 e. The van der Waals surface area contributed by atoms with Crippen molar-refractivity contribution in [2.45, 2.75) is 0 Å². The quantitative estimate of drug-likeness (QED) is 0.581. The smallest absolute Gasteiger partial charge is 0.353 e. The summed E-state index contributed by atoms with van der Waals surface area (Å²) in [5, 5.41) is 16.4. The van der Waals surface area contributed by atoms with E-state index in [9.17, 15) is 9.59 Å². The first-order valence-electron chi connectivity index (χ1n) is 4.04. The normalized spacial score (nSPS) is 8.47. The molecule has 0 aliphatic rings. The third-order valence-corrected chi connectivity index (χ3v) is 1.46. The van der Waals surface area contributed by atoms with Gasteiger partial charge in [0.2, 0.25) is 0 Å². The summed E-state index contributed by atoms with van der Waals surface area (Å²) in [4.78, 5) is 31.8. The molecule has 0 saturated carbocycles. The van der Waals surface area contributed by atoms with E-state index in [1.54, 1.807) is 0 Å². The number of aromatic nitrogens is 4. The van der Waals surface area contributed by atoms with Crippen LogP contribution in [0.5, 0.6) is 0 Å². The van der Waals surface area contributed by atoms with Crippen molar-refractivity contribution < 1.29 is 36.9 Å². The van der Waals surface area contributed by atoms with Gasteiger partial charge in [-0.3, -0.25) is 0 Å². The van der Waals surface area contributed by atoms with E-state index in [0.29, 0.717) is 0 Å². The van der Waals surface area contributed by atoms with Crippen LogP contribution in [0.15, 0.2) is 25.0 Å². The summed E-state index contributed by atoms with van der Waals surface area (Å²) in [5.41, 5.74) is 0.231. The van der Waals surface area contributed by atoms with Crippen molar-refractivity contribution in [3.05, 3.63) is 36.4 Å². The summed E-state index contributed by atoms with van der Waals surface area (Å²) in [7, 11) is 0. The topological polar surface area (TPSA) is 132 Å². The van der Waals surface area contributed by atoms with Crippen LogP contribution in [0.3, 0.4) is 0 Å². The molecule has 4 N–H and O–H groups in total. The number of carbonyl (C=O) groups is 2. The largest absolute Gasteiger partial charge is 0.477 e. The molecule has 0 unspecified atom stereocenters. The molecule has 0 aromatic carbocycles. The van der Waals surface area contributed by atoms with Crippen LogP contribution < -0.4 is 0 Å². The Balaban J connectivity index is 0.000000284. The fourth-order valence-electron chi connectivity index (χ4n) is 0.746. The maximum Gasteiger partial charge on any atom is 0.353 e. The van der Waals surface area contributed by atoms with Gasteiger partial charge < -0.3 is 20.2 Å². The molecule has 17 heavy (non-hydrogen) atoms. The maximum atomic E-state index is 9.99. The first-order chi connectivity index (χ1) is 7.61. The van der Waals surface area contributed by atoms with Crippen LogP contribution in [0.25, 0.3) is 0 Å². The maximum absolute atomic E-state index is 9.99. The average Bonchev–Trinajstić information content (AvgIpc) is 2.93. The predicted octanol–water partition coefficient (Wildman–Crippen LogP) is 0.213. The van der Waals surface area contributed by atoms with Crippen molar-refractivity contribution in [1.29, 1.82) is 0 Å². The zero-order valence-electron chi connectivity index (χ0n) is 8.27. The molecule has 92 valence electrons. The van der Waals surface area contributed by atoms with Gasteiger partial charge in [0, 0.05) is 17.1 Å². The van der Waals surface area contributed by atoms with Crippen LogP contribution in [0.4, 0.5) is 0 Å². The van der Waals surface area contributed by atoms with Gasteiger partial charge in [0.05, 0.1) is 25.0 Å². The van der Waals surface area contributed by atoms with E-state index in [2.05, 4.69) is 19.9 Å². The number of aromatic carboxylic acids is 2. The first-order valence-corrected chi connectivity index (χ1v) is 4.04. The minimum absolute atomic E-state index is 0. The van der Waals surface area contributed by atoms with Crippen LogP contribution in [0.1, 0.15) is 21.0 Å². The van der Waals surface area contributed by atoms with Gasteiger partial charge in [-0.05, 0) is 0 Å². The van der Waals surface area contributed by atoms with E-state index in [0.717, 1.165) is 0 Å². The third-order valence-electron chi connectivity index (χ3n) is 1.46. The van der Waals surface area contributed by atoms with Crippen LogP contribution in [0, 0.1) is 0 Å². The molecule has 0 spiro atoms. The van der Waals surface area contributed by atoms with Gasteiger partial charge in [0.1, 0.15) is 11.4 Å². The summed E-state index contributed by atoms with van der Waals surface area (Å²) in [6, 6.07) is 0. The Kier molecular flexibility index (Phi) is 6.30. The molecule has 0 amide bonds. The molecule has 0 fully saturated rings. The van der Waals surface area contributed by atoms with Crippen molar-refractivity contribution in [2.75, 3.05) is 0 Å². The number of aromatic amines is 2. The van der Waals surface area contributed by atoms with E-state index >= 15 is 0 Å². The summed E-state index contributed by atoms with van der Waals surface area (Å²) in [6.07, 6.45) is 5.15. The number of nitrogens with one attached hydrogen (secondary N) is 2. The van der Waals surface area contributed by atoms with E-state index in [4.69, 9.17) is 10.2 Å². The zero-order valence-corrected chi connectivity index (χ0v) is 9.37. The molecule has 0 atom stereocenters. The first kappa shape index (κ1) is 14.9. The Morgan fingerprint density at radius 3 is 1.41 bits per heavy atom. The van der Waals surface area contributed by atoms with Crippen molar-refractivity contribution in [1.82, 2.24) is 19.9 Å². The van der Waals surface area contributed by atoms with Gasteiger partial charge in [-0.15, -0.1) is 0 Å². The van der Waals surface area contributed by atoms with Crippen molar-refractivity contribution in [3.63, 3.8) is 0 Å². The number of nitrogens with zero attached hydrogens (tertiary/aromatic N) is 2. The Labute approximate surface area is 106 Å². The molecule has 0 saturated heterocycles. The second-order valence-corrected chi connectivity index (χ2v) is 2.54. The van der Waals surface area contributed by atoms with Crippen molar-refractivity contribution >= 4 is 11.9 Å². The minimum atomic E-state index is -0.984. The molecule has 2 heterocycles. The SMILES string of the molecule is O=C(O)c1cnc[nH]1.O=C(O)c1cnc[nH]1.[Fe]. The fraction of sp³-hybridized carbons (Fsp3) is 0. The molecule has 2 rings (SSSR count). The van der Waals surface area contributed by atoms with E-state index < -0.39 is 11.9 Å². The Morgan fingerprint density at radius 1 is 0.941 bits per heavy atom. The van der Waals surface area contributed by atoms with Gasteiger partial charge >= 0.3 is 11.9 Å². The van der Waals surface area contributed by atoms with Crippen LogP contribution in [-0.2, 0) is 17.1 Å². The summed E-state index contributed by atoms with van der Waals surface area (Å²) < 4.78 is 0. The van der Waals surface area contributed by atoms with Gasteiger partial charge in [0.25, 0.3) is 0 Å². The van der Waals surface area contributed by atoms with Gasteiger partial charge in [0.15, 0.2) is 0 Å². The third kappa shape index (κ3) is 4.96. The molecule has 0 aliphatic carbocycles. The van der Waals surface area contributed by atoms with Gasteiger partial charge in [-0.1, -0.05) is 0 Å². The molecule has 2 aromatic heterocycles. The Bertz CT molecular complexity index is 410. The second kappa shape index (κ2) is 7.20. The van der Waals surface area contributed by atoms with E-state index in [-0.39, 0.29) is 28.5 Å². The Morgan fingerprint density at radius 2 is 1.29 bits per heavy atom. The molecule has 9 heteroatoms. The Hall–Kier alpha value is -2.12. The number of rotatable bonds is 2. The van der Waals surface area contributed by atoms with E-state index in [1.807, 2.05) is 0 Å². The van der Waals surface area contributed by atoms with Crippen molar-refractivity contribution in [2.24, 2.45) is 0 Å². The van der Waals surface area contributed by atoms with Crippen LogP contribution in [0.2, 0.25) is 0 Å². The molecule has 0 bridgehead atoms. The number of H-pyrrole nitrogens is 2.